The van der Waals surface area contributed by atoms with Gasteiger partial charge in [-0.1, -0.05) is 37.6 Å². The smallest absolute Gasteiger partial charge is 0.321 e. The third-order valence-corrected chi connectivity index (χ3v) is 4.80. The van der Waals surface area contributed by atoms with Crippen LogP contribution in [-0.4, -0.2) is 35.6 Å². The van der Waals surface area contributed by atoms with Gasteiger partial charge in [0.05, 0.1) is 18.5 Å². The molecule has 5 heteroatoms. The van der Waals surface area contributed by atoms with Crippen molar-refractivity contribution in [3.05, 3.63) is 59.9 Å². The Morgan fingerprint density at radius 3 is 2.79 bits per heavy atom. The topological polar surface area (TPSA) is 54.5 Å². The van der Waals surface area contributed by atoms with Crippen LogP contribution in [0, 0.1) is 5.92 Å². The lowest BCUT2D eigenvalue weighted by molar-refractivity contribution is 0.208. The number of nitrogens with one attached hydrogen (secondary N) is 1. The number of carbonyl (C=O) groups is 1. The van der Waals surface area contributed by atoms with Gasteiger partial charge in [0.25, 0.3) is 0 Å². The van der Waals surface area contributed by atoms with E-state index < -0.39 is 0 Å². The van der Waals surface area contributed by atoms with Crippen LogP contribution in [0.15, 0.2) is 54.4 Å². The van der Waals surface area contributed by atoms with Gasteiger partial charge in [0.1, 0.15) is 5.75 Å². The van der Waals surface area contributed by atoms with E-state index in [1.807, 2.05) is 29.2 Å². The number of anilines is 1. The number of carbonyl (C=O) groups excluding carboxylic acids is 1. The Bertz CT molecular complexity index is 793. The van der Waals surface area contributed by atoms with Crippen molar-refractivity contribution in [2.75, 3.05) is 25.0 Å². The minimum atomic E-state index is -0.0624. The molecule has 0 unspecified atom stereocenters. The molecule has 2 heterocycles. The summed E-state index contributed by atoms with van der Waals surface area (Å²) in [6, 6.07) is 11.8. The van der Waals surface area contributed by atoms with Gasteiger partial charge in [-0.05, 0) is 55.0 Å². The number of piperidine rings is 1. The van der Waals surface area contributed by atoms with Gasteiger partial charge in [-0.25, -0.2) is 4.79 Å². The molecule has 0 atom stereocenters. The zero-order valence-electron chi connectivity index (χ0n) is 16.7. The van der Waals surface area contributed by atoms with Crippen LogP contribution in [-0.2, 0) is 0 Å². The molecule has 2 amide bonds. The number of ether oxygens (including phenoxy) is 1. The first-order valence-electron chi connectivity index (χ1n) is 9.98. The Kier molecular flexibility index (Phi) is 7.06. The zero-order chi connectivity index (χ0) is 19.8. The maximum absolute atomic E-state index is 12.4. The molecular formula is C23H29N3O2. The molecule has 148 valence electrons. The van der Waals surface area contributed by atoms with Crippen molar-refractivity contribution in [2.45, 2.75) is 33.1 Å². The summed E-state index contributed by atoms with van der Waals surface area (Å²) in [7, 11) is 0. The van der Waals surface area contributed by atoms with Crippen molar-refractivity contribution in [3.63, 3.8) is 0 Å². The first-order chi connectivity index (χ1) is 13.6. The quantitative estimate of drug-likeness (QED) is 0.749. The summed E-state index contributed by atoms with van der Waals surface area (Å²) in [5.74, 6) is 1.56. The van der Waals surface area contributed by atoms with Crippen LogP contribution in [0.5, 0.6) is 5.75 Å². The van der Waals surface area contributed by atoms with Gasteiger partial charge in [0.2, 0.25) is 0 Å². The van der Waals surface area contributed by atoms with Crippen LogP contribution in [0.3, 0.4) is 0 Å². The number of urea groups is 1. The summed E-state index contributed by atoms with van der Waals surface area (Å²) >= 11 is 0. The van der Waals surface area contributed by atoms with Gasteiger partial charge in [-0.2, -0.15) is 0 Å². The first kappa shape index (κ1) is 19.9. The number of nitrogens with zero attached hydrogens (tertiary/aromatic N) is 2. The van der Waals surface area contributed by atoms with E-state index in [2.05, 4.69) is 42.4 Å². The molecule has 1 aliphatic rings. The number of pyridine rings is 1. The largest absolute Gasteiger partial charge is 0.494 e. The van der Waals surface area contributed by atoms with Crippen molar-refractivity contribution in [1.29, 1.82) is 0 Å². The number of aromatic nitrogens is 1. The monoisotopic (exact) mass is 379 g/mol. The van der Waals surface area contributed by atoms with Gasteiger partial charge >= 0.3 is 6.03 Å². The average molecular weight is 380 g/mol. The summed E-state index contributed by atoms with van der Waals surface area (Å²) in [4.78, 5) is 18.3. The zero-order valence-corrected chi connectivity index (χ0v) is 16.7. The predicted octanol–water partition coefficient (Wildman–Crippen LogP) is 5.22. The molecule has 28 heavy (non-hydrogen) atoms. The molecule has 1 aromatic heterocycles. The average Bonchev–Trinajstić information content (AvgIpc) is 2.69. The standard InChI is InChI=1S/C23H29N3O2/c1-18(2)10-14-28-22-7-3-5-20(16-22)15-19-8-12-26(13-9-19)23(27)25-21-6-4-11-24-17-21/h3-7,11,15-18H,8-10,12-14H2,1-2H3,(H,25,27). The molecule has 2 aromatic rings. The van der Waals surface area contributed by atoms with E-state index in [0.717, 1.165) is 56.0 Å². The maximum Gasteiger partial charge on any atom is 0.321 e. The van der Waals surface area contributed by atoms with Gasteiger partial charge < -0.3 is 15.0 Å². The van der Waals surface area contributed by atoms with Crippen molar-refractivity contribution in [3.8, 4) is 5.75 Å². The fraction of sp³-hybridized carbons (Fsp3) is 0.391. The normalized spacial score (nSPS) is 14.1. The minimum absolute atomic E-state index is 0.0624. The summed E-state index contributed by atoms with van der Waals surface area (Å²) in [5, 5.41) is 2.90. The molecule has 5 nitrogen and oxygen atoms in total. The third kappa shape index (κ3) is 6.12. The van der Waals surface area contributed by atoms with Crippen molar-refractivity contribution in [2.24, 2.45) is 5.92 Å². The lowest BCUT2D eigenvalue weighted by Gasteiger charge is -2.28. The number of hydrogen-bond donors (Lipinski definition) is 1. The van der Waals surface area contributed by atoms with Gasteiger partial charge in [-0.15, -0.1) is 0 Å². The van der Waals surface area contributed by atoms with E-state index >= 15 is 0 Å². The lowest BCUT2D eigenvalue weighted by atomic mass is 10.0. The molecule has 1 fully saturated rings. The highest BCUT2D eigenvalue weighted by atomic mass is 16.5. The van der Waals surface area contributed by atoms with E-state index in [0.29, 0.717) is 5.92 Å². The summed E-state index contributed by atoms with van der Waals surface area (Å²) in [5.41, 5.74) is 3.25. The molecule has 1 saturated heterocycles. The van der Waals surface area contributed by atoms with Crippen LogP contribution in [0.25, 0.3) is 6.08 Å². The minimum Gasteiger partial charge on any atom is -0.494 e. The highest BCUT2D eigenvalue weighted by molar-refractivity contribution is 5.89. The number of likely N-dealkylation sites (tertiary alicyclic amines) is 1. The summed E-state index contributed by atoms with van der Waals surface area (Å²) in [6.45, 7) is 6.60. The Labute approximate surface area is 167 Å². The number of hydrogen-bond acceptors (Lipinski definition) is 3. The van der Waals surface area contributed by atoms with E-state index in [9.17, 15) is 4.79 Å². The van der Waals surface area contributed by atoms with Crippen molar-refractivity contribution in [1.82, 2.24) is 9.88 Å². The van der Waals surface area contributed by atoms with E-state index in [1.165, 1.54) is 5.57 Å². The highest BCUT2D eigenvalue weighted by Gasteiger charge is 2.19. The van der Waals surface area contributed by atoms with E-state index in [1.54, 1.807) is 12.4 Å². The van der Waals surface area contributed by atoms with Crippen LogP contribution in [0.2, 0.25) is 0 Å². The highest BCUT2D eigenvalue weighted by Crippen LogP contribution is 2.22. The summed E-state index contributed by atoms with van der Waals surface area (Å²) in [6.07, 6.45) is 8.41. The molecule has 0 saturated carbocycles. The fourth-order valence-electron chi connectivity index (χ4n) is 3.12. The lowest BCUT2D eigenvalue weighted by Crippen LogP contribution is -2.39. The third-order valence-electron chi connectivity index (χ3n) is 4.80. The van der Waals surface area contributed by atoms with Gasteiger partial charge in [0.15, 0.2) is 0 Å². The van der Waals surface area contributed by atoms with Crippen LogP contribution >= 0.6 is 0 Å². The fourth-order valence-corrected chi connectivity index (χ4v) is 3.12. The molecule has 0 spiro atoms. The Balaban J connectivity index is 1.51. The Morgan fingerprint density at radius 2 is 2.07 bits per heavy atom. The number of benzene rings is 1. The number of amides is 2. The maximum atomic E-state index is 12.4. The Morgan fingerprint density at radius 1 is 1.25 bits per heavy atom. The van der Waals surface area contributed by atoms with Gasteiger partial charge in [-0.3, -0.25) is 4.98 Å². The van der Waals surface area contributed by atoms with Crippen LogP contribution < -0.4 is 10.1 Å². The molecule has 1 aromatic carbocycles. The second-order valence-electron chi connectivity index (χ2n) is 7.56. The van der Waals surface area contributed by atoms with Crippen molar-refractivity contribution < 1.29 is 9.53 Å². The second-order valence-corrected chi connectivity index (χ2v) is 7.56. The van der Waals surface area contributed by atoms with Crippen molar-refractivity contribution >= 4 is 17.8 Å². The summed E-state index contributed by atoms with van der Waals surface area (Å²) < 4.78 is 5.86. The molecule has 0 radical (unpaired) electrons. The van der Waals surface area contributed by atoms with E-state index in [4.69, 9.17) is 4.74 Å². The van der Waals surface area contributed by atoms with Crippen LogP contribution in [0.1, 0.15) is 38.7 Å². The van der Waals surface area contributed by atoms with Crippen LogP contribution in [0.4, 0.5) is 10.5 Å². The van der Waals surface area contributed by atoms with Gasteiger partial charge in [0, 0.05) is 19.3 Å². The number of rotatable bonds is 6. The molecule has 1 N–H and O–H groups in total. The predicted molar refractivity (Wildman–Crippen MR) is 113 cm³/mol. The first-order valence-corrected chi connectivity index (χ1v) is 9.98. The SMILES string of the molecule is CC(C)CCOc1cccc(C=C2CCN(C(=O)Nc3cccnc3)CC2)c1. The Hall–Kier alpha value is -2.82. The molecular weight excluding hydrogens is 350 g/mol. The second kappa shape index (κ2) is 9.93. The molecule has 0 aliphatic carbocycles. The molecule has 3 rings (SSSR count). The molecule has 1 aliphatic heterocycles. The van der Waals surface area contributed by atoms with E-state index in [-0.39, 0.29) is 6.03 Å². The molecule has 0 bridgehead atoms.